The SMILES string of the molecule is CCOc1cncc(C(NN)c2ncccc2Cl)c1. The van der Waals surface area contributed by atoms with E-state index < -0.39 is 0 Å². The summed E-state index contributed by atoms with van der Waals surface area (Å²) >= 11 is 6.14. The van der Waals surface area contributed by atoms with Crippen molar-refractivity contribution in [1.82, 2.24) is 15.4 Å². The van der Waals surface area contributed by atoms with Crippen LogP contribution < -0.4 is 16.0 Å². The van der Waals surface area contributed by atoms with Crippen LogP contribution in [0.15, 0.2) is 36.8 Å². The predicted octanol–water partition coefficient (Wildman–Crippen LogP) is 2.08. The van der Waals surface area contributed by atoms with Gasteiger partial charge in [-0.25, -0.2) is 5.43 Å². The molecule has 0 amide bonds. The van der Waals surface area contributed by atoms with Gasteiger partial charge in [-0.05, 0) is 30.7 Å². The number of pyridine rings is 2. The quantitative estimate of drug-likeness (QED) is 0.647. The Morgan fingerprint density at radius 2 is 2.32 bits per heavy atom. The van der Waals surface area contributed by atoms with Crippen molar-refractivity contribution in [3.63, 3.8) is 0 Å². The fourth-order valence-corrected chi connectivity index (χ4v) is 2.01. The van der Waals surface area contributed by atoms with E-state index in [0.29, 0.717) is 23.1 Å². The Morgan fingerprint density at radius 1 is 1.47 bits per heavy atom. The maximum Gasteiger partial charge on any atom is 0.137 e. The molecule has 2 rings (SSSR count). The highest BCUT2D eigenvalue weighted by molar-refractivity contribution is 6.31. The molecule has 0 spiro atoms. The van der Waals surface area contributed by atoms with E-state index in [1.54, 1.807) is 30.7 Å². The predicted molar refractivity (Wildman–Crippen MR) is 73.8 cm³/mol. The summed E-state index contributed by atoms with van der Waals surface area (Å²) in [6.07, 6.45) is 5.03. The fraction of sp³-hybridized carbons (Fsp3) is 0.231. The van der Waals surface area contributed by atoms with Crippen molar-refractivity contribution in [3.8, 4) is 5.75 Å². The molecule has 0 aliphatic heterocycles. The second kappa shape index (κ2) is 6.47. The number of nitrogens with zero attached hydrogens (tertiary/aromatic N) is 2. The summed E-state index contributed by atoms with van der Waals surface area (Å²) in [7, 11) is 0. The van der Waals surface area contributed by atoms with Crippen LogP contribution in [0.1, 0.15) is 24.2 Å². The third-order valence-corrected chi connectivity index (χ3v) is 2.93. The van der Waals surface area contributed by atoms with Crippen LogP contribution in [0, 0.1) is 0 Å². The van der Waals surface area contributed by atoms with E-state index in [1.165, 1.54) is 0 Å². The van der Waals surface area contributed by atoms with Gasteiger partial charge in [0.25, 0.3) is 0 Å². The Morgan fingerprint density at radius 3 is 3.00 bits per heavy atom. The Kier molecular flexibility index (Phi) is 4.68. The highest BCUT2D eigenvalue weighted by Crippen LogP contribution is 2.27. The molecule has 0 bridgehead atoms. The molecule has 100 valence electrons. The van der Waals surface area contributed by atoms with Gasteiger partial charge in [0.05, 0.1) is 29.6 Å². The molecule has 0 aromatic carbocycles. The third-order valence-electron chi connectivity index (χ3n) is 2.61. The Hall–Kier alpha value is -1.69. The van der Waals surface area contributed by atoms with Crippen molar-refractivity contribution in [2.24, 2.45) is 5.84 Å². The maximum absolute atomic E-state index is 6.14. The first-order chi connectivity index (χ1) is 9.26. The van der Waals surface area contributed by atoms with E-state index >= 15 is 0 Å². The van der Waals surface area contributed by atoms with Gasteiger partial charge in [0, 0.05) is 12.4 Å². The molecule has 2 aromatic rings. The highest BCUT2D eigenvalue weighted by atomic mass is 35.5. The van der Waals surface area contributed by atoms with Gasteiger partial charge < -0.3 is 4.74 Å². The molecular weight excluding hydrogens is 264 g/mol. The number of ether oxygens (including phenoxy) is 1. The van der Waals surface area contributed by atoms with E-state index in [-0.39, 0.29) is 6.04 Å². The first-order valence-electron chi connectivity index (χ1n) is 5.90. The molecule has 0 radical (unpaired) electrons. The number of halogens is 1. The fourth-order valence-electron chi connectivity index (χ4n) is 1.78. The molecule has 1 atom stereocenters. The van der Waals surface area contributed by atoms with E-state index in [4.69, 9.17) is 22.2 Å². The van der Waals surface area contributed by atoms with E-state index in [0.717, 1.165) is 5.56 Å². The zero-order valence-corrected chi connectivity index (χ0v) is 11.3. The minimum atomic E-state index is -0.332. The van der Waals surface area contributed by atoms with Gasteiger partial charge in [0.1, 0.15) is 5.75 Å². The maximum atomic E-state index is 6.14. The Balaban J connectivity index is 2.37. The van der Waals surface area contributed by atoms with Crippen molar-refractivity contribution >= 4 is 11.6 Å². The number of nitrogens with one attached hydrogen (secondary N) is 1. The van der Waals surface area contributed by atoms with Gasteiger partial charge in [-0.1, -0.05) is 11.6 Å². The van der Waals surface area contributed by atoms with Gasteiger partial charge in [-0.15, -0.1) is 0 Å². The van der Waals surface area contributed by atoms with Crippen LogP contribution in [-0.4, -0.2) is 16.6 Å². The lowest BCUT2D eigenvalue weighted by molar-refractivity contribution is 0.338. The second-order valence-corrected chi connectivity index (χ2v) is 4.26. The Bertz CT molecular complexity index is 550. The van der Waals surface area contributed by atoms with Crippen molar-refractivity contribution in [1.29, 1.82) is 0 Å². The first-order valence-corrected chi connectivity index (χ1v) is 6.28. The van der Waals surface area contributed by atoms with Crippen LogP contribution in [0.25, 0.3) is 0 Å². The Labute approximate surface area is 116 Å². The third kappa shape index (κ3) is 3.20. The lowest BCUT2D eigenvalue weighted by atomic mass is 10.1. The average Bonchev–Trinajstić information content (AvgIpc) is 2.43. The molecule has 0 saturated carbocycles. The van der Waals surface area contributed by atoms with E-state index in [2.05, 4.69) is 15.4 Å². The van der Waals surface area contributed by atoms with Crippen LogP contribution in [0.4, 0.5) is 0 Å². The first kappa shape index (κ1) is 13.7. The molecule has 0 aliphatic carbocycles. The molecule has 0 fully saturated rings. The summed E-state index contributed by atoms with van der Waals surface area (Å²) in [4.78, 5) is 8.39. The van der Waals surface area contributed by atoms with Crippen LogP contribution in [0.3, 0.4) is 0 Å². The van der Waals surface area contributed by atoms with Gasteiger partial charge in [0.15, 0.2) is 0 Å². The van der Waals surface area contributed by atoms with Crippen LogP contribution in [0.5, 0.6) is 5.75 Å². The van der Waals surface area contributed by atoms with Gasteiger partial charge in [0.2, 0.25) is 0 Å². The van der Waals surface area contributed by atoms with Crippen LogP contribution in [0.2, 0.25) is 5.02 Å². The largest absolute Gasteiger partial charge is 0.492 e. The summed E-state index contributed by atoms with van der Waals surface area (Å²) in [6.45, 7) is 2.50. The molecule has 19 heavy (non-hydrogen) atoms. The van der Waals surface area contributed by atoms with Crippen molar-refractivity contribution in [2.75, 3.05) is 6.61 Å². The van der Waals surface area contributed by atoms with Crippen LogP contribution >= 0.6 is 11.6 Å². The number of nitrogens with two attached hydrogens (primary N) is 1. The summed E-state index contributed by atoms with van der Waals surface area (Å²) in [5.74, 6) is 6.30. The minimum absolute atomic E-state index is 0.332. The lowest BCUT2D eigenvalue weighted by Crippen LogP contribution is -2.29. The molecule has 0 saturated heterocycles. The van der Waals surface area contributed by atoms with Gasteiger partial charge in [-0.2, -0.15) is 0 Å². The summed E-state index contributed by atoms with van der Waals surface area (Å²) in [6, 6.07) is 5.08. The van der Waals surface area contributed by atoms with E-state index in [9.17, 15) is 0 Å². The number of rotatable bonds is 5. The average molecular weight is 279 g/mol. The van der Waals surface area contributed by atoms with Crippen LogP contribution in [-0.2, 0) is 0 Å². The van der Waals surface area contributed by atoms with E-state index in [1.807, 2.05) is 13.0 Å². The summed E-state index contributed by atoms with van der Waals surface area (Å²) in [5.41, 5.74) is 4.20. The van der Waals surface area contributed by atoms with Gasteiger partial charge in [-0.3, -0.25) is 15.8 Å². The summed E-state index contributed by atoms with van der Waals surface area (Å²) < 4.78 is 5.42. The molecule has 5 nitrogen and oxygen atoms in total. The topological polar surface area (TPSA) is 73.1 Å². The minimum Gasteiger partial charge on any atom is -0.492 e. The molecule has 0 aliphatic rings. The monoisotopic (exact) mass is 278 g/mol. The zero-order chi connectivity index (χ0) is 13.7. The number of aromatic nitrogens is 2. The molecule has 3 N–H and O–H groups in total. The second-order valence-electron chi connectivity index (χ2n) is 3.86. The zero-order valence-electron chi connectivity index (χ0n) is 10.5. The van der Waals surface area contributed by atoms with Crippen molar-refractivity contribution in [2.45, 2.75) is 13.0 Å². The van der Waals surface area contributed by atoms with Crippen molar-refractivity contribution in [3.05, 3.63) is 53.1 Å². The molecule has 1 unspecified atom stereocenters. The number of hydrogen-bond donors (Lipinski definition) is 2. The highest BCUT2D eigenvalue weighted by Gasteiger charge is 2.17. The normalized spacial score (nSPS) is 12.2. The molecular formula is C13H15ClN4O. The molecule has 2 heterocycles. The van der Waals surface area contributed by atoms with Crippen molar-refractivity contribution < 1.29 is 4.74 Å². The number of hydrogen-bond acceptors (Lipinski definition) is 5. The van der Waals surface area contributed by atoms with Gasteiger partial charge >= 0.3 is 0 Å². The lowest BCUT2D eigenvalue weighted by Gasteiger charge is -2.17. The summed E-state index contributed by atoms with van der Waals surface area (Å²) in [5, 5.41) is 0.548. The smallest absolute Gasteiger partial charge is 0.137 e. The molecule has 2 aromatic heterocycles. The number of hydrazine groups is 1. The standard InChI is InChI=1S/C13H15ClN4O/c1-2-19-10-6-9(7-16-8-10)12(18-15)13-11(14)4-3-5-17-13/h3-8,12,18H,2,15H2,1H3. The molecule has 6 heteroatoms.